The van der Waals surface area contributed by atoms with Gasteiger partial charge >= 0.3 is 5.97 Å². The van der Waals surface area contributed by atoms with Crippen LogP contribution in [0.1, 0.15) is 30.6 Å². The maximum absolute atomic E-state index is 12.1. The van der Waals surface area contributed by atoms with Crippen LogP contribution < -0.4 is 10.2 Å². The average molecular weight is 368 g/mol. The van der Waals surface area contributed by atoms with E-state index >= 15 is 0 Å². The van der Waals surface area contributed by atoms with Crippen molar-refractivity contribution in [3.63, 3.8) is 0 Å². The number of hydrogen-bond donors (Lipinski definition) is 1. The molecule has 6 heteroatoms. The van der Waals surface area contributed by atoms with Crippen LogP contribution in [0.4, 0.5) is 11.4 Å². The van der Waals surface area contributed by atoms with E-state index in [1.807, 2.05) is 18.2 Å². The Hall–Kier alpha value is -3.02. The molecule has 1 aromatic carbocycles. The number of piperidine rings is 1. The van der Waals surface area contributed by atoms with Crippen molar-refractivity contribution in [2.24, 2.45) is 0 Å². The van der Waals surface area contributed by atoms with Crippen LogP contribution in [0, 0.1) is 0 Å². The van der Waals surface area contributed by atoms with Gasteiger partial charge in [-0.2, -0.15) is 0 Å². The van der Waals surface area contributed by atoms with E-state index in [2.05, 4.69) is 10.2 Å². The van der Waals surface area contributed by atoms with E-state index in [1.54, 1.807) is 24.5 Å². The van der Waals surface area contributed by atoms with E-state index in [1.165, 1.54) is 19.6 Å². The number of nitrogens with zero attached hydrogens (tertiary/aromatic N) is 1. The van der Waals surface area contributed by atoms with Gasteiger partial charge in [0.25, 0.3) is 0 Å². The first-order valence-electron chi connectivity index (χ1n) is 9.13. The van der Waals surface area contributed by atoms with Gasteiger partial charge in [-0.25, -0.2) is 0 Å². The summed E-state index contributed by atoms with van der Waals surface area (Å²) in [5.74, 6) is 0.0487. The lowest BCUT2D eigenvalue weighted by molar-refractivity contribution is -0.139. The van der Waals surface area contributed by atoms with Gasteiger partial charge in [0.1, 0.15) is 5.76 Å². The average Bonchev–Trinajstić information content (AvgIpc) is 3.21. The van der Waals surface area contributed by atoms with Crippen molar-refractivity contribution in [1.82, 2.24) is 0 Å². The summed E-state index contributed by atoms with van der Waals surface area (Å²) in [6, 6.07) is 9.21. The second-order valence-corrected chi connectivity index (χ2v) is 6.48. The zero-order chi connectivity index (χ0) is 19.1. The standard InChI is InChI=1S/C21H24N2O4/c1-26-21(25)15-16-14-17(7-9-19(16)23-11-3-2-4-12-23)22-20(24)10-8-18-6-5-13-27-18/h5-10,13-14H,2-4,11-12,15H2,1H3,(H,22,24)/b10-8+. The summed E-state index contributed by atoms with van der Waals surface area (Å²) >= 11 is 0. The normalized spacial score (nSPS) is 14.3. The quantitative estimate of drug-likeness (QED) is 0.623. The van der Waals surface area contributed by atoms with E-state index in [-0.39, 0.29) is 18.3 Å². The predicted octanol–water partition coefficient (Wildman–Crippen LogP) is 3.64. The fourth-order valence-electron chi connectivity index (χ4n) is 3.20. The SMILES string of the molecule is COC(=O)Cc1cc(NC(=O)/C=C/c2ccco2)ccc1N1CCCCC1. The molecule has 1 saturated heterocycles. The van der Waals surface area contributed by atoms with Crippen LogP contribution in [-0.2, 0) is 20.7 Å². The Bertz CT molecular complexity index is 806. The van der Waals surface area contributed by atoms with Crippen molar-refractivity contribution >= 4 is 29.3 Å². The molecule has 0 unspecified atom stereocenters. The second-order valence-electron chi connectivity index (χ2n) is 6.48. The number of esters is 1. The summed E-state index contributed by atoms with van der Waals surface area (Å²) < 4.78 is 10.00. The monoisotopic (exact) mass is 368 g/mol. The third kappa shape index (κ3) is 5.23. The molecule has 6 nitrogen and oxygen atoms in total. The molecule has 1 fully saturated rings. The van der Waals surface area contributed by atoms with Gasteiger partial charge in [0.05, 0.1) is 19.8 Å². The molecule has 3 rings (SSSR count). The highest BCUT2D eigenvalue weighted by molar-refractivity contribution is 6.02. The van der Waals surface area contributed by atoms with Crippen molar-refractivity contribution in [3.05, 3.63) is 54.0 Å². The molecule has 1 aromatic heterocycles. The van der Waals surface area contributed by atoms with Crippen LogP contribution in [0.15, 0.2) is 47.1 Å². The van der Waals surface area contributed by atoms with Crippen molar-refractivity contribution in [1.29, 1.82) is 0 Å². The third-order valence-electron chi connectivity index (χ3n) is 4.55. The van der Waals surface area contributed by atoms with E-state index in [4.69, 9.17) is 9.15 Å². The highest BCUT2D eigenvalue weighted by atomic mass is 16.5. The molecule has 1 aliphatic rings. The lowest BCUT2D eigenvalue weighted by Crippen LogP contribution is -2.30. The topological polar surface area (TPSA) is 71.8 Å². The van der Waals surface area contributed by atoms with Crippen molar-refractivity contribution in [2.45, 2.75) is 25.7 Å². The van der Waals surface area contributed by atoms with Crippen LogP contribution >= 0.6 is 0 Å². The molecule has 0 aliphatic carbocycles. The number of hydrogen-bond acceptors (Lipinski definition) is 5. The highest BCUT2D eigenvalue weighted by Gasteiger charge is 2.17. The van der Waals surface area contributed by atoms with Crippen LogP contribution in [0.5, 0.6) is 0 Å². The van der Waals surface area contributed by atoms with E-state index in [9.17, 15) is 9.59 Å². The molecule has 142 valence electrons. The van der Waals surface area contributed by atoms with Gasteiger partial charge in [0, 0.05) is 30.5 Å². The first-order chi connectivity index (χ1) is 13.2. The van der Waals surface area contributed by atoms with E-state index in [0.717, 1.165) is 37.2 Å². The number of rotatable bonds is 6. The molecule has 0 spiro atoms. The number of methoxy groups -OCH3 is 1. The zero-order valence-electron chi connectivity index (χ0n) is 15.4. The van der Waals surface area contributed by atoms with Crippen LogP contribution in [0.2, 0.25) is 0 Å². The molecule has 0 bridgehead atoms. The number of ether oxygens (including phenoxy) is 1. The first kappa shape index (κ1) is 18.8. The summed E-state index contributed by atoms with van der Waals surface area (Å²) in [7, 11) is 1.38. The summed E-state index contributed by atoms with van der Waals surface area (Å²) in [5, 5.41) is 2.83. The Labute approximate surface area is 158 Å². The van der Waals surface area contributed by atoms with Gasteiger partial charge in [0.15, 0.2) is 0 Å². The molecular weight excluding hydrogens is 344 g/mol. The Kier molecular flexibility index (Phi) is 6.30. The number of carbonyl (C=O) groups is 2. The Morgan fingerprint density at radius 2 is 2.04 bits per heavy atom. The first-order valence-corrected chi connectivity index (χ1v) is 9.13. The smallest absolute Gasteiger partial charge is 0.310 e. The van der Waals surface area contributed by atoms with Gasteiger partial charge in [0.2, 0.25) is 5.91 Å². The van der Waals surface area contributed by atoms with Crippen LogP contribution in [0.25, 0.3) is 6.08 Å². The predicted molar refractivity (Wildman–Crippen MR) is 105 cm³/mol. The van der Waals surface area contributed by atoms with Gasteiger partial charge in [-0.3, -0.25) is 9.59 Å². The number of benzene rings is 1. The Balaban J connectivity index is 1.76. The molecule has 0 atom stereocenters. The zero-order valence-corrected chi connectivity index (χ0v) is 15.4. The van der Waals surface area contributed by atoms with Crippen molar-refractivity contribution < 1.29 is 18.7 Å². The molecule has 0 saturated carbocycles. The minimum Gasteiger partial charge on any atom is -0.469 e. The summed E-state index contributed by atoms with van der Waals surface area (Å²) in [6.07, 6.45) is 8.27. The van der Waals surface area contributed by atoms with Gasteiger partial charge in [-0.15, -0.1) is 0 Å². The minimum atomic E-state index is -0.297. The number of carbonyl (C=O) groups excluding carboxylic acids is 2. The van der Waals surface area contributed by atoms with Crippen molar-refractivity contribution in [3.8, 4) is 0 Å². The number of nitrogens with one attached hydrogen (secondary N) is 1. The van der Waals surface area contributed by atoms with E-state index < -0.39 is 0 Å². The number of furan rings is 1. The summed E-state index contributed by atoms with van der Waals surface area (Å²) in [6.45, 7) is 1.96. The van der Waals surface area contributed by atoms with Crippen LogP contribution in [0.3, 0.4) is 0 Å². The Morgan fingerprint density at radius 3 is 2.74 bits per heavy atom. The molecule has 1 aliphatic heterocycles. The van der Waals surface area contributed by atoms with Crippen LogP contribution in [-0.4, -0.2) is 32.1 Å². The maximum Gasteiger partial charge on any atom is 0.310 e. The third-order valence-corrected chi connectivity index (χ3v) is 4.55. The van der Waals surface area contributed by atoms with Gasteiger partial charge in [-0.1, -0.05) is 0 Å². The summed E-state index contributed by atoms with van der Waals surface area (Å²) in [4.78, 5) is 26.3. The van der Waals surface area contributed by atoms with E-state index in [0.29, 0.717) is 11.4 Å². The second kappa shape index (κ2) is 9.07. The molecule has 2 heterocycles. The molecule has 0 radical (unpaired) electrons. The van der Waals surface area contributed by atoms with Gasteiger partial charge < -0.3 is 19.4 Å². The highest BCUT2D eigenvalue weighted by Crippen LogP contribution is 2.28. The Morgan fingerprint density at radius 1 is 1.22 bits per heavy atom. The largest absolute Gasteiger partial charge is 0.469 e. The number of anilines is 2. The number of amides is 1. The fourth-order valence-corrected chi connectivity index (χ4v) is 3.20. The fraction of sp³-hybridized carbons (Fsp3) is 0.333. The molecule has 27 heavy (non-hydrogen) atoms. The summed E-state index contributed by atoms with van der Waals surface area (Å²) in [5.41, 5.74) is 2.53. The molecule has 1 N–H and O–H groups in total. The lowest BCUT2D eigenvalue weighted by Gasteiger charge is -2.30. The molecule has 2 aromatic rings. The molecular formula is C21H24N2O4. The van der Waals surface area contributed by atoms with Crippen molar-refractivity contribution in [2.75, 3.05) is 30.4 Å². The molecule has 1 amide bonds. The van der Waals surface area contributed by atoms with Gasteiger partial charge in [-0.05, 0) is 61.2 Å². The lowest BCUT2D eigenvalue weighted by atomic mass is 10.0. The minimum absolute atomic E-state index is 0.175. The maximum atomic E-state index is 12.1.